The van der Waals surface area contributed by atoms with Crippen molar-refractivity contribution in [2.75, 3.05) is 46.3 Å². The lowest BCUT2D eigenvalue weighted by Crippen LogP contribution is -2.44. The van der Waals surface area contributed by atoms with Crippen molar-refractivity contribution in [3.8, 4) is 0 Å². The van der Waals surface area contributed by atoms with Gasteiger partial charge < -0.3 is 15.1 Å². The second kappa shape index (κ2) is 8.74. The number of carbonyl (C=O) groups is 1. The molecule has 0 unspecified atom stereocenters. The molecular weight excluding hydrogens is 262 g/mol. The number of carbonyl (C=O) groups excluding carboxylic acids is 1. The van der Waals surface area contributed by atoms with E-state index in [1.807, 2.05) is 0 Å². The van der Waals surface area contributed by atoms with Crippen LogP contribution < -0.4 is 5.32 Å². The minimum atomic E-state index is 0.299. The van der Waals surface area contributed by atoms with E-state index in [0.717, 1.165) is 31.5 Å². The molecule has 1 N–H and O–H groups in total. The molecule has 1 saturated carbocycles. The number of rotatable bonds is 9. The molecule has 2 fully saturated rings. The van der Waals surface area contributed by atoms with Gasteiger partial charge in [-0.3, -0.25) is 4.79 Å². The van der Waals surface area contributed by atoms with E-state index in [-0.39, 0.29) is 0 Å². The number of nitrogens with zero attached hydrogens (tertiary/aromatic N) is 2. The number of hydrogen-bond donors (Lipinski definition) is 1. The molecule has 21 heavy (non-hydrogen) atoms. The maximum atomic E-state index is 12.1. The molecule has 0 aromatic heterocycles. The van der Waals surface area contributed by atoms with Crippen molar-refractivity contribution in [1.82, 2.24) is 15.1 Å². The lowest BCUT2D eigenvalue weighted by Gasteiger charge is -2.34. The third kappa shape index (κ3) is 6.35. The van der Waals surface area contributed by atoms with Gasteiger partial charge in [0, 0.05) is 19.6 Å². The van der Waals surface area contributed by atoms with Gasteiger partial charge in [-0.25, -0.2) is 0 Å². The zero-order valence-corrected chi connectivity index (χ0v) is 13.9. The van der Waals surface area contributed by atoms with Crippen LogP contribution in [-0.2, 0) is 4.79 Å². The minimum Gasteiger partial charge on any atom is -0.342 e. The zero-order chi connectivity index (χ0) is 15.1. The summed E-state index contributed by atoms with van der Waals surface area (Å²) in [6.07, 6.45) is 7.59. The number of hydrogen-bond acceptors (Lipinski definition) is 3. The van der Waals surface area contributed by atoms with E-state index in [0.29, 0.717) is 12.5 Å². The Hall–Kier alpha value is -0.610. The van der Waals surface area contributed by atoms with Gasteiger partial charge in [0.2, 0.25) is 5.91 Å². The molecule has 0 bridgehead atoms. The molecule has 1 heterocycles. The van der Waals surface area contributed by atoms with E-state index in [9.17, 15) is 4.79 Å². The van der Waals surface area contributed by atoms with Crippen LogP contribution in [0.3, 0.4) is 0 Å². The number of nitrogens with one attached hydrogen (secondary N) is 1. The average molecular weight is 295 g/mol. The van der Waals surface area contributed by atoms with Crippen molar-refractivity contribution < 1.29 is 4.79 Å². The predicted octanol–water partition coefficient (Wildman–Crippen LogP) is 1.96. The molecule has 4 heteroatoms. The standard InChI is InChI=1S/C17H33N3O/c1-3-4-9-19(2)14-16-7-10-20(11-8-16)17(21)13-18-12-15-5-6-15/h15-16,18H,3-14H2,1-2H3. The van der Waals surface area contributed by atoms with E-state index < -0.39 is 0 Å². The van der Waals surface area contributed by atoms with Crippen LogP contribution in [0.1, 0.15) is 45.4 Å². The van der Waals surface area contributed by atoms with E-state index in [4.69, 9.17) is 0 Å². The molecule has 4 nitrogen and oxygen atoms in total. The van der Waals surface area contributed by atoms with E-state index >= 15 is 0 Å². The second-order valence-corrected chi connectivity index (χ2v) is 7.01. The summed E-state index contributed by atoms with van der Waals surface area (Å²) in [5.74, 6) is 1.92. The zero-order valence-electron chi connectivity index (χ0n) is 13.9. The fourth-order valence-electron chi connectivity index (χ4n) is 3.14. The minimum absolute atomic E-state index is 0.299. The molecule has 0 spiro atoms. The highest BCUT2D eigenvalue weighted by molar-refractivity contribution is 5.78. The highest BCUT2D eigenvalue weighted by Gasteiger charge is 2.24. The maximum Gasteiger partial charge on any atom is 0.236 e. The Bertz CT molecular complexity index is 309. The lowest BCUT2D eigenvalue weighted by molar-refractivity contribution is -0.131. The van der Waals surface area contributed by atoms with Crippen LogP contribution in [0, 0.1) is 11.8 Å². The fourth-order valence-corrected chi connectivity index (χ4v) is 3.14. The van der Waals surface area contributed by atoms with Crippen molar-refractivity contribution >= 4 is 5.91 Å². The lowest BCUT2D eigenvalue weighted by atomic mass is 9.96. The molecular formula is C17H33N3O. The number of unbranched alkanes of at least 4 members (excludes halogenated alkanes) is 1. The summed E-state index contributed by atoms with van der Waals surface area (Å²) in [6, 6.07) is 0. The SMILES string of the molecule is CCCCN(C)CC1CCN(C(=O)CNCC2CC2)CC1. The van der Waals surface area contributed by atoms with Gasteiger partial charge in [0.05, 0.1) is 6.54 Å². The van der Waals surface area contributed by atoms with Gasteiger partial charge in [-0.2, -0.15) is 0 Å². The fraction of sp³-hybridized carbons (Fsp3) is 0.941. The van der Waals surface area contributed by atoms with Crippen LogP contribution in [0.4, 0.5) is 0 Å². The van der Waals surface area contributed by atoms with Crippen LogP contribution in [-0.4, -0.2) is 62.0 Å². The molecule has 2 rings (SSSR count). The third-order valence-corrected chi connectivity index (χ3v) is 4.84. The molecule has 0 aromatic rings. The van der Waals surface area contributed by atoms with Crippen LogP contribution in [0.25, 0.3) is 0 Å². The van der Waals surface area contributed by atoms with E-state index in [1.54, 1.807) is 0 Å². The Labute approximate surface area is 130 Å². The first-order valence-electron chi connectivity index (χ1n) is 8.86. The van der Waals surface area contributed by atoms with E-state index in [2.05, 4.69) is 29.1 Å². The Morgan fingerprint density at radius 3 is 2.52 bits per heavy atom. The summed E-state index contributed by atoms with van der Waals surface area (Å²) in [5, 5.41) is 3.31. The first-order valence-corrected chi connectivity index (χ1v) is 8.86. The number of piperidine rings is 1. The van der Waals surface area contributed by atoms with Crippen molar-refractivity contribution in [3.63, 3.8) is 0 Å². The van der Waals surface area contributed by atoms with Crippen LogP contribution >= 0.6 is 0 Å². The van der Waals surface area contributed by atoms with Gasteiger partial charge in [-0.05, 0) is 64.1 Å². The van der Waals surface area contributed by atoms with Gasteiger partial charge in [-0.15, -0.1) is 0 Å². The Morgan fingerprint density at radius 1 is 1.19 bits per heavy atom. The smallest absolute Gasteiger partial charge is 0.236 e. The normalized spacial score (nSPS) is 20.2. The maximum absolute atomic E-state index is 12.1. The molecule has 1 amide bonds. The molecule has 1 saturated heterocycles. The largest absolute Gasteiger partial charge is 0.342 e. The van der Waals surface area contributed by atoms with E-state index in [1.165, 1.54) is 51.6 Å². The summed E-state index contributed by atoms with van der Waals surface area (Å²) in [5.41, 5.74) is 0. The van der Waals surface area contributed by atoms with Gasteiger partial charge in [-0.1, -0.05) is 13.3 Å². The summed E-state index contributed by atoms with van der Waals surface area (Å²) in [4.78, 5) is 16.6. The van der Waals surface area contributed by atoms with Gasteiger partial charge in [0.1, 0.15) is 0 Å². The van der Waals surface area contributed by atoms with Crippen LogP contribution in [0.2, 0.25) is 0 Å². The van der Waals surface area contributed by atoms with Crippen molar-refractivity contribution in [2.45, 2.75) is 45.4 Å². The van der Waals surface area contributed by atoms with Crippen LogP contribution in [0.5, 0.6) is 0 Å². The van der Waals surface area contributed by atoms with Crippen LogP contribution in [0.15, 0.2) is 0 Å². The topological polar surface area (TPSA) is 35.6 Å². The summed E-state index contributed by atoms with van der Waals surface area (Å²) in [6.45, 7) is 8.13. The number of likely N-dealkylation sites (tertiary alicyclic amines) is 1. The molecule has 0 atom stereocenters. The first kappa shape index (κ1) is 16.8. The van der Waals surface area contributed by atoms with Gasteiger partial charge in [0.25, 0.3) is 0 Å². The van der Waals surface area contributed by atoms with Crippen molar-refractivity contribution in [3.05, 3.63) is 0 Å². The average Bonchev–Trinajstić information content (AvgIpc) is 3.30. The van der Waals surface area contributed by atoms with Crippen molar-refractivity contribution in [2.24, 2.45) is 11.8 Å². The predicted molar refractivity (Wildman–Crippen MR) is 87.3 cm³/mol. The highest BCUT2D eigenvalue weighted by Crippen LogP contribution is 2.27. The summed E-state index contributed by atoms with van der Waals surface area (Å²) >= 11 is 0. The second-order valence-electron chi connectivity index (χ2n) is 7.01. The number of amides is 1. The first-order chi connectivity index (χ1) is 10.2. The Balaban J connectivity index is 1.57. The molecule has 0 radical (unpaired) electrons. The molecule has 0 aromatic carbocycles. The van der Waals surface area contributed by atoms with Gasteiger partial charge in [0.15, 0.2) is 0 Å². The summed E-state index contributed by atoms with van der Waals surface area (Å²) < 4.78 is 0. The monoisotopic (exact) mass is 295 g/mol. The Kier molecular flexibility index (Phi) is 6.97. The molecule has 1 aliphatic heterocycles. The summed E-state index contributed by atoms with van der Waals surface area (Å²) in [7, 11) is 2.23. The molecule has 2 aliphatic rings. The quantitative estimate of drug-likeness (QED) is 0.706. The molecule has 122 valence electrons. The molecule has 1 aliphatic carbocycles. The van der Waals surface area contributed by atoms with Crippen molar-refractivity contribution in [1.29, 1.82) is 0 Å². The van der Waals surface area contributed by atoms with Gasteiger partial charge >= 0.3 is 0 Å². The highest BCUT2D eigenvalue weighted by atomic mass is 16.2. The third-order valence-electron chi connectivity index (χ3n) is 4.84. The Morgan fingerprint density at radius 2 is 1.90 bits per heavy atom.